The molecule has 1 aliphatic heterocycles. The summed E-state index contributed by atoms with van der Waals surface area (Å²) in [6.45, 7) is 3.51. The number of para-hydroxylation sites is 1. The fraction of sp³-hybridized carbons (Fsp3) is 0.353. The molecule has 9 heteroatoms. The van der Waals surface area contributed by atoms with Crippen molar-refractivity contribution in [3.05, 3.63) is 101 Å². The number of piperidine rings is 1. The Labute approximate surface area is 252 Å². The number of rotatable bonds is 9. The molecule has 1 fully saturated rings. The van der Waals surface area contributed by atoms with Crippen molar-refractivity contribution in [3.8, 4) is 5.75 Å². The van der Waals surface area contributed by atoms with Crippen LogP contribution in [-0.2, 0) is 19.8 Å². The third kappa shape index (κ3) is 6.94. The van der Waals surface area contributed by atoms with Crippen LogP contribution in [0.5, 0.6) is 5.75 Å². The molecule has 9 nitrogen and oxygen atoms in total. The largest absolute Gasteiger partial charge is 0.496 e. The normalized spacial score (nSPS) is 19.7. The van der Waals surface area contributed by atoms with Crippen LogP contribution in [0.3, 0.4) is 0 Å². The molecular weight excluding hydrogens is 546 g/mol. The fourth-order valence-electron chi connectivity index (χ4n) is 6.46. The number of amides is 2. The molecule has 0 bridgehead atoms. The number of carbonyl (C=O) groups excluding carboxylic acids is 3. The second kappa shape index (κ2) is 14.6. The van der Waals surface area contributed by atoms with E-state index in [1.165, 1.54) is 0 Å². The van der Waals surface area contributed by atoms with E-state index in [1.54, 1.807) is 19.2 Å². The van der Waals surface area contributed by atoms with Gasteiger partial charge in [0.1, 0.15) is 12.5 Å². The molecule has 2 aliphatic rings. The van der Waals surface area contributed by atoms with Crippen molar-refractivity contribution in [1.29, 1.82) is 0 Å². The van der Waals surface area contributed by atoms with Gasteiger partial charge in [0.2, 0.25) is 5.91 Å². The highest BCUT2D eigenvalue weighted by Crippen LogP contribution is 2.47. The molecule has 43 heavy (non-hydrogen) atoms. The lowest BCUT2D eigenvalue weighted by molar-refractivity contribution is -0.136. The van der Waals surface area contributed by atoms with Gasteiger partial charge in [0.25, 0.3) is 5.91 Å². The average molecular weight is 586 g/mol. The fourth-order valence-corrected chi connectivity index (χ4v) is 6.46. The summed E-state index contributed by atoms with van der Waals surface area (Å²) in [6, 6.07) is 25.4. The highest BCUT2D eigenvalue weighted by molar-refractivity contribution is 5.97. The smallest absolute Gasteiger partial charge is 0.317 e. The number of hydrogen-bond donors (Lipinski definition) is 3. The van der Waals surface area contributed by atoms with Crippen molar-refractivity contribution < 1.29 is 29.0 Å². The molecule has 2 atom stereocenters. The second-order valence-electron chi connectivity index (χ2n) is 10.9. The van der Waals surface area contributed by atoms with Crippen LogP contribution in [0.25, 0.3) is 0 Å². The SMILES string of the molecule is C=O.COc1ccccc1C(=O)NC1CCN(C(=O)[C@H]2CC[C@@](CNCC(=O)O)(c3ccccc3)c3ccccc32)CC1. The van der Waals surface area contributed by atoms with E-state index in [-0.39, 0.29) is 30.3 Å². The number of ether oxygens (including phenoxy) is 1. The van der Waals surface area contributed by atoms with Crippen LogP contribution < -0.4 is 15.4 Å². The van der Waals surface area contributed by atoms with Gasteiger partial charge in [-0.3, -0.25) is 14.4 Å². The quantitative estimate of drug-likeness (QED) is 0.349. The molecule has 3 aromatic carbocycles. The Balaban J connectivity index is 0.00000207. The molecule has 3 aromatic rings. The molecule has 0 aromatic heterocycles. The summed E-state index contributed by atoms with van der Waals surface area (Å²) in [7, 11) is 1.55. The van der Waals surface area contributed by atoms with E-state index in [1.807, 2.05) is 60.2 Å². The van der Waals surface area contributed by atoms with Crippen molar-refractivity contribution in [2.75, 3.05) is 33.3 Å². The van der Waals surface area contributed by atoms with Gasteiger partial charge >= 0.3 is 5.97 Å². The monoisotopic (exact) mass is 585 g/mol. The van der Waals surface area contributed by atoms with E-state index in [4.69, 9.17) is 9.53 Å². The third-order valence-electron chi connectivity index (χ3n) is 8.53. The van der Waals surface area contributed by atoms with Gasteiger partial charge in [-0.15, -0.1) is 0 Å². The molecule has 0 spiro atoms. The van der Waals surface area contributed by atoms with Gasteiger partial charge in [0, 0.05) is 31.1 Å². The van der Waals surface area contributed by atoms with Crippen molar-refractivity contribution in [2.45, 2.75) is 43.1 Å². The maximum Gasteiger partial charge on any atom is 0.317 e. The second-order valence-corrected chi connectivity index (χ2v) is 10.9. The third-order valence-corrected chi connectivity index (χ3v) is 8.53. The molecular formula is C34H39N3O6. The van der Waals surface area contributed by atoms with E-state index in [0.29, 0.717) is 50.2 Å². The predicted molar refractivity (Wildman–Crippen MR) is 163 cm³/mol. The van der Waals surface area contributed by atoms with Crippen LogP contribution in [0.1, 0.15) is 58.6 Å². The summed E-state index contributed by atoms with van der Waals surface area (Å²) >= 11 is 0. The summed E-state index contributed by atoms with van der Waals surface area (Å²) in [5.74, 6) is -0.664. The Morgan fingerprint density at radius 2 is 1.58 bits per heavy atom. The summed E-state index contributed by atoms with van der Waals surface area (Å²) < 4.78 is 5.33. The molecule has 0 unspecified atom stereocenters. The minimum Gasteiger partial charge on any atom is -0.496 e. The number of benzene rings is 3. The Morgan fingerprint density at radius 1 is 0.930 bits per heavy atom. The summed E-state index contributed by atoms with van der Waals surface area (Å²) in [5.41, 5.74) is 3.28. The molecule has 1 aliphatic carbocycles. The van der Waals surface area contributed by atoms with Crippen LogP contribution in [0.4, 0.5) is 0 Å². The Kier molecular flexibility index (Phi) is 10.7. The number of carboxylic acid groups (broad SMARTS) is 1. The first kappa shape index (κ1) is 31.4. The first-order chi connectivity index (χ1) is 20.9. The average Bonchev–Trinajstić information content (AvgIpc) is 3.06. The van der Waals surface area contributed by atoms with E-state index >= 15 is 0 Å². The van der Waals surface area contributed by atoms with Gasteiger partial charge < -0.3 is 30.2 Å². The number of nitrogens with one attached hydrogen (secondary N) is 2. The van der Waals surface area contributed by atoms with Crippen LogP contribution in [0.15, 0.2) is 78.9 Å². The molecule has 1 saturated heterocycles. The van der Waals surface area contributed by atoms with Gasteiger partial charge in [-0.1, -0.05) is 66.7 Å². The van der Waals surface area contributed by atoms with Gasteiger partial charge in [-0.25, -0.2) is 0 Å². The molecule has 2 amide bonds. The summed E-state index contributed by atoms with van der Waals surface area (Å²) in [6.07, 6.45) is 2.77. The number of fused-ring (bicyclic) bond motifs is 1. The number of aliphatic carboxylic acids is 1. The number of methoxy groups -OCH3 is 1. The first-order valence-corrected chi connectivity index (χ1v) is 14.5. The molecule has 0 saturated carbocycles. The van der Waals surface area contributed by atoms with Gasteiger partial charge in [-0.2, -0.15) is 0 Å². The molecule has 0 radical (unpaired) electrons. The zero-order valence-corrected chi connectivity index (χ0v) is 24.5. The first-order valence-electron chi connectivity index (χ1n) is 14.5. The number of hydrogen-bond acceptors (Lipinski definition) is 6. The minimum absolute atomic E-state index is 0.0128. The lowest BCUT2D eigenvalue weighted by Gasteiger charge is -2.44. The predicted octanol–water partition coefficient (Wildman–Crippen LogP) is 3.77. The van der Waals surface area contributed by atoms with Crippen molar-refractivity contribution in [1.82, 2.24) is 15.5 Å². The van der Waals surface area contributed by atoms with Crippen LogP contribution in [0, 0.1) is 0 Å². The van der Waals surface area contributed by atoms with Crippen LogP contribution in [0.2, 0.25) is 0 Å². The maximum atomic E-state index is 13.9. The Bertz CT molecular complexity index is 1410. The zero-order valence-electron chi connectivity index (χ0n) is 24.5. The molecule has 226 valence electrons. The molecule has 5 rings (SSSR count). The van der Waals surface area contributed by atoms with E-state index < -0.39 is 11.4 Å². The number of likely N-dealkylation sites (tertiary alicyclic amines) is 1. The van der Waals surface area contributed by atoms with Crippen LogP contribution in [-0.4, -0.2) is 73.9 Å². The van der Waals surface area contributed by atoms with Crippen molar-refractivity contribution >= 4 is 24.6 Å². The lowest BCUT2D eigenvalue weighted by atomic mass is 9.63. The van der Waals surface area contributed by atoms with Crippen molar-refractivity contribution in [2.24, 2.45) is 0 Å². The number of carbonyl (C=O) groups is 4. The molecule has 3 N–H and O–H groups in total. The summed E-state index contributed by atoms with van der Waals surface area (Å²) in [5, 5.41) is 15.5. The van der Waals surface area contributed by atoms with Crippen molar-refractivity contribution in [3.63, 3.8) is 0 Å². The van der Waals surface area contributed by atoms with Gasteiger partial charge in [0.05, 0.1) is 25.1 Å². The number of nitrogens with zero attached hydrogens (tertiary/aromatic N) is 1. The topological polar surface area (TPSA) is 125 Å². The molecule has 1 heterocycles. The summed E-state index contributed by atoms with van der Waals surface area (Å²) in [4.78, 5) is 48.0. The van der Waals surface area contributed by atoms with E-state index in [9.17, 15) is 19.5 Å². The van der Waals surface area contributed by atoms with Crippen LogP contribution >= 0.6 is 0 Å². The van der Waals surface area contributed by atoms with E-state index in [0.717, 1.165) is 23.1 Å². The lowest BCUT2D eigenvalue weighted by Crippen LogP contribution is -2.49. The minimum atomic E-state index is -0.896. The zero-order chi connectivity index (χ0) is 30.8. The van der Waals surface area contributed by atoms with Gasteiger partial charge in [0.15, 0.2) is 0 Å². The van der Waals surface area contributed by atoms with Gasteiger partial charge in [-0.05, 0) is 54.5 Å². The Hall–Kier alpha value is -4.50. The standard InChI is InChI=1S/C33H37N3O5.CH2O/c1-41-29-14-8-6-12-27(29)31(39)35-24-16-19-36(20-17-24)32(40)26-15-18-33(22-34-21-30(37)38,23-9-3-2-4-10-23)28-13-7-5-11-25(26)28;1-2/h2-14,24,26,34H,15-22H2,1H3,(H,35,39)(H,37,38);1H2/t26-,33+;/m0./s1. The maximum absolute atomic E-state index is 13.9. The number of carboxylic acids is 1. The Morgan fingerprint density at radius 3 is 2.28 bits per heavy atom. The highest BCUT2D eigenvalue weighted by atomic mass is 16.5. The van der Waals surface area contributed by atoms with E-state index in [2.05, 4.69) is 28.8 Å². The highest BCUT2D eigenvalue weighted by Gasteiger charge is 2.44.